The molecule has 0 saturated carbocycles. The standard InChI is InChI=1S/C22H21N3O4/c1-14(29-16-5-3-2-4-6-16)21-17-12-25(10-9-18(17)23-24-21)22(26)15-7-8-19-20(11-15)28-13-27-19/h2-8,11,14H,9-10,12-13H2,1H3,(H,23,24). The number of nitrogens with one attached hydrogen (secondary N) is 1. The molecule has 1 unspecified atom stereocenters. The molecule has 1 N–H and O–H groups in total. The molecule has 0 bridgehead atoms. The van der Waals surface area contributed by atoms with Crippen molar-refractivity contribution < 1.29 is 19.0 Å². The molecule has 0 spiro atoms. The first-order valence-corrected chi connectivity index (χ1v) is 9.65. The Bertz CT molecular complexity index is 1050. The zero-order chi connectivity index (χ0) is 19.8. The predicted octanol–water partition coefficient (Wildman–Crippen LogP) is 3.48. The van der Waals surface area contributed by atoms with Crippen LogP contribution in [0, 0.1) is 0 Å². The molecule has 7 heteroatoms. The van der Waals surface area contributed by atoms with Crippen molar-refractivity contribution >= 4 is 5.91 Å². The van der Waals surface area contributed by atoms with E-state index < -0.39 is 0 Å². The number of ether oxygens (including phenoxy) is 3. The Morgan fingerprint density at radius 3 is 2.86 bits per heavy atom. The first kappa shape index (κ1) is 17.6. The van der Waals surface area contributed by atoms with Crippen LogP contribution in [0.15, 0.2) is 48.5 Å². The molecular weight excluding hydrogens is 370 g/mol. The molecule has 148 valence electrons. The molecule has 3 aromatic rings. The highest BCUT2D eigenvalue weighted by Gasteiger charge is 2.29. The van der Waals surface area contributed by atoms with Crippen molar-refractivity contribution in [1.82, 2.24) is 15.1 Å². The summed E-state index contributed by atoms with van der Waals surface area (Å²) in [7, 11) is 0. The lowest BCUT2D eigenvalue weighted by Crippen LogP contribution is -2.36. The maximum Gasteiger partial charge on any atom is 0.254 e. The smallest absolute Gasteiger partial charge is 0.254 e. The Morgan fingerprint density at radius 2 is 2.00 bits per heavy atom. The molecule has 3 heterocycles. The largest absolute Gasteiger partial charge is 0.484 e. The molecule has 0 saturated heterocycles. The summed E-state index contributed by atoms with van der Waals surface area (Å²) >= 11 is 0. The maximum absolute atomic E-state index is 13.1. The molecule has 2 aliphatic rings. The van der Waals surface area contributed by atoms with Crippen LogP contribution in [0.1, 0.15) is 40.3 Å². The van der Waals surface area contributed by atoms with Gasteiger partial charge in [0.25, 0.3) is 5.91 Å². The number of aromatic nitrogens is 2. The van der Waals surface area contributed by atoms with Crippen molar-refractivity contribution in [2.24, 2.45) is 0 Å². The van der Waals surface area contributed by atoms with Crippen molar-refractivity contribution in [2.45, 2.75) is 26.0 Å². The van der Waals surface area contributed by atoms with Gasteiger partial charge in [-0.2, -0.15) is 5.10 Å². The third-order valence-corrected chi connectivity index (χ3v) is 5.31. The lowest BCUT2D eigenvalue weighted by Gasteiger charge is -2.28. The van der Waals surface area contributed by atoms with Crippen LogP contribution in [0.2, 0.25) is 0 Å². The Morgan fingerprint density at radius 1 is 1.17 bits per heavy atom. The molecule has 0 radical (unpaired) electrons. The highest BCUT2D eigenvalue weighted by Crippen LogP contribution is 2.34. The van der Waals surface area contributed by atoms with E-state index in [-0.39, 0.29) is 18.8 Å². The van der Waals surface area contributed by atoms with Crippen LogP contribution in [0.3, 0.4) is 0 Å². The van der Waals surface area contributed by atoms with Crippen molar-refractivity contribution in [3.05, 3.63) is 71.0 Å². The van der Waals surface area contributed by atoms with E-state index in [4.69, 9.17) is 14.2 Å². The van der Waals surface area contributed by atoms with E-state index in [0.29, 0.717) is 30.2 Å². The number of benzene rings is 2. The van der Waals surface area contributed by atoms with Crippen LogP contribution < -0.4 is 14.2 Å². The maximum atomic E-state index is 13.1. The van der Waals surface area contributed by atoms with E-state index in [2.05, 4.69) is 10.2 Å². The third kappa shape index (κ3) is 3.29. The zero-order valence-electron chi connectivity index (χ0n) is 16.1. The fourth-order valence-electron chi connectivity index (χ4n) is 3.80. The number of carbonyl (C=O) groups is 1. The average Bonchev–Trinajstić information content (AvgIpc) is 3.39. The van der Waals surface area contributed by atoms with E-state index in [1.165, 1.54) is 0 Å². The zero-order valence-corrected chi connectivity index (χ0v) is 16.1. The van der Waals surface area contributed by atoms with E-state index in [0.717, 1.165) is 29.1 Å². The van der Waals surface area contributed by atoms with E-state index in [9.17, 15) is 4.79 Å². The molecule has 0 fully saturated rings. The minimum Gasteiger partial charge on any atom is -0.484 e. The van der Waals surface area contributed by atoms with Gasteiger partial charge in [0.05, 0.1) is 0 Å². The summed E-state index contributed by atoms with van der Waals surface area (Å²) in [5.74, 6) is 2.05. The molecule has 7 nitrogen and oxygen atoms in total. The van der Waals surface area contributed by atoms with Gasteiger partial charge >= 0.3 is 0 Å². The van der Waals surface area contributed by atoms with Gasteiger partial charge in [0.15, 0.2) is 11.5 Å². The number of para-hydroxylation sites is 1. The number of H-pyrrole nitrogens is 1. The molecule has 0 aliphatic carbocycles. The number of nitrogens with zero attached hydrogens (tertiary/aromatic N) is 2. The summed E-state index contributed by atoms with van der Waals surface area (Å²) in [6, 6.07) is 15.0. The van der Waals surface area contributed by atoms with Crippen LogP contribution in [0.4, 0.5) is 0 Å². The van der Waals surface area contributed by atoms with E-state index in [1.807, 2.05) is 42.2 Å². The second-order valence-corrected chi connectivity index (χ2v) is 7.18. The summed E-state index contributed by atoms with van der Waals surface area (Å²) in [6.45, 7) is 3.30. The minimum atomic E-state index is -0.224. The SMILES string of the molecule is CC(Oc1ccccc1)c1n[nH]c2c1CN(C(=O)c1ccc3c(c1)OCO3)CC2. The third-order valence-electron chi connectivity index (χ3n) is 5.31. The highest BCUT2D eigenvalue weighted by atomic mass is 16.7. The fraction of sp³-hybridized carbons (Fsp3) is 0.273. The second kappa shape index (κ2) is 7.16. The average molecular weight is 391 g/mol. The van der Waals surface area contributed by atoms with Crippen molar-refractivity contribution in [2.75, 3.05) is 13.3 Å². The number of rotatable bonds is 4. The van der Waals surface area contributed by atoms with Crippen molar-refractivity contribution in [3.63, 3.8) is 0 Å². The molecule has 1 amide bonds. The van der Waals surface area contributed by atoms with Gasteiger partial charge in [-0.15, -0.1) is 0 Å². The summed E-state index contributed by atoms with van der Waals surface area (Å²) in [4.78, 5) is 14.9. The van der Waals surface area contributed by atoms with Crippen LogP contribution in [0.5, 0.6) is 17.2 Å². The Kier molecular flexibility index (Phi) is 4.35. The number of aromatic amines is 1. The summed E-state index contributed by atoms with van der Waals surface area (Å²) in [5, 5.41) is 7.60. The van der Waals surface area contributed by atoms with Crippen LogP contribution in [-0.2, 0) is 13.0 Å². The molecule has 2 aliphatic heterocycles. The molecule has 2 aromatic carbocycles. The first-order valence-electron chi connectivity index (χ1n) is 9.65. The molecular formula is C22H21N3O4. The normalized spacial score (nSPS) is 15.7. The number of fused-ring (bicyclic) bond motifs is 2. The molecule has 5 rings (SSSR count). The van der Waals surface area contributed by atoms with Crippen LogP contribution >= 0.6 is 0 Å². The highest BCUT2D eigenvalue weighted by molar-refractivity contribution is 5.95. The van der Waals surface area contributed by atoms with E-state index in [1.54, 1.807) is 18.2 Å². The van der Waals surface area contributed by atoms with Crippen molar-refractivity contribution in [3.8, 4) is 17.2 Å². The van der Waals surface area contributed by atoms with Gasteiger partial charge < -0.3 is 19.1 Å². The summed E-state index contributed by atoms with van der Waals surface area (Å²) in [5.41, 5.74) is 3.54. The lowest BCUT2D eigenvalue weighted by molar-refractivity contribution is 0.0732. The molecule has 1 atom stereocenters. The van der Waals surface area contributed by atoms with E-state index >= 15 is 0 Å². The van der Waals surface area contributed by atoms with Gasteiger partial charge in [0.1, 0.15) is 17.5 Å². The number of amides is 1. The topological polar surface area (TPSA) is 76.7 Å². The lowest BCUT2D eigenvalue weighted by atomic mass is 10.0. The van der Waals surface area contributed by atoms with Crippen molar-refractivity contribution in [1.29, 1.82) is 0 Å². The van der Waals surface area contributed by atoms with Gasteiger partial charge in [-0.3, -0.25) is 9.89 Å². The first-order chi connectivity index (χ1) is 14.2. The number of hydrogen-bond acceptors (Lipinski definition) is 5. The fourth-order valence-corrected chi connectivity index (χ4v) is 3.80. The van der Waals surface area contributed by atoms with Gasteiger partial charge in [0.2, 0.25) is 6.79 Å². The molecule has 1 aromatic heterocycles. The Balaban J connectivity index is 1.35. The summed E-state index contributed by atoms with van der Waals surface area (Å²) in [6.07, 6.45) is 0.509. The number of hydrogen-bond donors (Lipinski definition) is 1. The van der Waals surface area contributed by atoms with Crippen LogP contribution in [0.25, 0.3) is 0 Å². The minimum absolute atomic E-state index is 0.0299. The number of carbonyl (C=O) groups excluding carboxylic acids is 1. The summed E-state index contributed by atoms with van der Waals surface area (Å²) < 4.78 is 16.8. The van der Waals surface area contributed by atoms with Gasteiger partial charge in [-0.05, 0) is 37.3 Å². The van der Waals surface area contributed by atoms with Gasteiger partial charge in [-0.25, -0.2) is 0 Å². The Labute approximate surface area is 168 Å². The Hall–Kier alpha value is -3.48. The van der Waals surface area contributed by atoms with Gasteiger partial charge in [-0.1, -0.05) is 18.2 Å². The predicted molar refractivity (Wildman–Crippen MR) is 105 cm³/mol. The second-order valence-electron chi connectivity index (χ2n) is 7.18. The monoisotopic (exact) mass is 391 g/mol. The van der Waals surface area contributed by atoms with Gasteiger partial charge in [0, 0.05) is 36.3 Å². The quantitative estimate of drug-likeness (QED) is 0.737. The van der Waals surface area contributed by atoms with Crippen LogP contribution in [-0.4, -0.2) is 34.3 Å². The molecule has 29 heavy (non-hydrogen) atoms.